The second kappa shape index (κ2) is 6.25. The summed E-state index contributed by atoms with van der Waals surface area (Å²) < 4.78 is 7.14. The molecule has 0 aliphatic rings. The van der Waals surface area contributed by atoms with E-state index in [1.165, 1.54) is 11.8 Å². The first-order chi connectivity index (χ1) is 9.30. The van der Waals surface area contributed by atoms with Crippen LogP contribution in [-0.4, -0.2) is 27.6 Å². The van der Waals surface area contributed by atoms with Gasteiger partial charge in [0.15, 0.2) is 11.0 Å². The highest BCUT2D eigenvalue weighted by Gasteiger charge is 2.12. The maximum Gasteiger partial charge on any atom is 0.192 e. The molecule has 5 nitrogen and oxygen atoms in total. The smallest absolute Gasteiger partial charge is 0.192 e. The monoisotopic (exact) mass is 274 g/mol. The molecule has 0 atom stereocenters. The zero-order valence-corrected chi connectivity index (χ0v) is 11.6. The van der Waals surface area contributed by atoms with Crippen molar-refractivity contribution in [1.29, 1.82) is 5.26 Å². The highest BCUT2D eigenvalue weighted by atomic mass is 32.2. The van der Waals surface area contributed by atoms with Crippen molar-refractivity contribution in [3.63, 3.8) is 0 Å². The molecule has 2 rings (SSSR count). The molecule has 0 aliphatic heterocycles. The molecule has 0 radical (unpaired) electrons. The average Bonchev–Trinajstić information content (AvgIpc) is 2.88. The van der Waals surface area contributed by atoms with Crippen molar-refractivity contribution in [2.45, 2.75) is 18.6 Å². The van der Waals surface area contributed by atoms with Crippen LogP contribution in [0.25, 0.3) is 11.4 Å². The Kier molecular flexibility index (Phi) is 4.42. The zero-order valence-electron chi connectivity index (χ0n) is 10.8. The molecule has 19 heavy (non-hydrogen) atoms. The molecule has 1 aromatic heterocycles. The summed E-state index contributed by atoms with van der Waals surface area (Å²) in [6.45, 7) is 2.80. The summed E-state index contributed by atoms with van der Waals surface area (Å²) in [5.74, 6) is 2.00. The predicted molar refractivity (Wildman–Crippen MR) is 74.0 cm³/mol. The summed E-state index contributed by atoms with van der Waals surface area (Å²) in [7, 11) is 1.64. The Balaban J connectivity index is 2.33. The van der Waals surface area contributed by atoms with E-state index in [4.69, 9.17) is 10.00 Å². The van der Waals surface area contributed by atoms with Crippen LogP contribution in [0.5, 0.6) is 5.75 Å². The summed E-state index contributed by atoms with van der Waals surface area (Å²) in [4.78, 5) is 0. The van der Waals surface area contributed by atoms with Crippen LogP contribution < -0.4 is 4.74 Å². The first-order valence-corrected chi connectivity index (χ1v) is 6.86. The van der Waals surface area contributed by atoms with E-state index < -0.39 is 0 Å². The van der Waals surface area contributed by atoms with Crippen molar-refractivity contribution >= 4 is 11.8 Å². The fraction of sp³-hybridized carbons (Fsp3) is 0.308. The molecule has 0 saturated heterocycles. The van der Waals surface area contributed by atoms with Gasteiger partial charge in [-0.25, -0.2) is 0 Å². The van der Waals surface area contributed by atoms with E-state index in [0.29, 0.717) is 5.75 Å². The molecule has 0 amide bonds. The van der Waals surface area contributed by atoms with E-state index in [9.17, 15) is 0 Å². The van der Waals surface area contributed by atoms with Gasteiger partial charge >= 0.3 is 0 Å². The Labute approximate surface area is 116 Å². The second-order valence-electron chi connectivity index (χ2n) is 3.73. The number of ether oxygens (including phenoxy) is 1. The van der Waals surface area contributed by atoms with Crippen molar-refractivity contribution in [2.24, 2.45) is 0 Å². The van der Waals surface area contributed by atoms with Crippen molar-refractivity contribution in [3.8, 4) is 23.2 Å². The largest absolute Gasteiger partial charge is 0.497 e. The van der Waals surface area contributed by atoms with Crippen LogP contribution in [0.1, 0.15) is 6.92 Å². The molecular weight excluding hydrogens is 260 g/mol. The third-order valence-electron chi connectivity index (χ3n) is 2.65. The number of nitrogens with zero attached hydrogens (tertiary/aromatic N) is 4. The molecule has 2 aromatic rings. The highest BCUT2D eigenvalue weighted by molar-refractivity contribution is 7.99. The van der Waals surface area contributed by atoms with Gasteiger partial charge in [-0.3, -0.25) is 0 Å². The highest BCUT2D eigenvalue weighted by Crippen LogP contribution is 2.25. The lowest BCUT2D eigenvalue weighted by Crippen LogP contribution is -1.99. The van der Waals surface area contributed by atoms with Gasteiger partial charge in [0.1, 0.15) is 5.75 Å². The Morgan fingerprint density at radius 2 is 2.05 bits per heavy atom. The topological polar surface area (TPSA) is 63.7 Å². The fourth-order valence-electron chi connectivity index (χ4n) is 1.73. The summed E-state index contributed by atoms with van der Waals surface area (Å²) in [5, 5.41) is 17.7. The summed E-state index contributed by atoms with van der Waals surface area (Å²) in [6, 6.07) is 9.79. The summed E-state index contributed by atoms with van der Waals surface area (Å²) in [5.41, 5.74) is 0.985. The zero-order chi connectivity index (χ0) is 13.7. The minimum atomic E-state index is 0.376. The van der Waals surface area contributed by atoms with Gasteiger partial charge in [-0.15, -0.1) is 10.2 Å². The standard InChI is InChI=1S/C13H14N4OS/c1-3-17-12(15-16-13(17)19-9-8-14)10-4-6-11(18-2)7-5-10/h4-7H,3,9H2,1-2H3. The number of nitriles is 1. The van der Waals surface area contributed by atoms with Crippen LogP contribution in [0.2, 0.25) is 0 Å². The van der Waals surface area contributed by atoms with E-state index in [1.54, 1.807) is 7.11 Å². The molecule has 98 valence electrons. The lowest BCUT2D eigenvalue weighted by Gasteiger charge is -2.06. The van der Waals surface area contributed by atoms with Crippen LogP contribution >= 0.6 is 11.8 Å². The third kappa shape index (κ3) is 2.88. The van der Waals surface area contributed by atoms with E-state index in [2.05, 4.69) is 16.3 Å². The quantitative estimate of drug-likeness (QED) is 0.784. The second-order valence-corrected chi connectivity index (χ2v) is 4.67. The molecule has 0 fully saturated rings. The molecule has 1 aromatic carbocycles. The Hall–Kier alpha value is -2.00. The number of thioether (sulfide) groups is 1. The predicted octanol–water partition coefficient (Wildman–Crippen LogP) is 2.59. The Bertz CT molecular complexity index is 586. The molecule has 0 saturated carbocycles. The van der Waals surface area contributed by atoms with Crippen LogP contribution in [0, 0.1) is 11.3 Å². The van der Waals surface area contributed by atoms with Gasteiger partial charge in [0.2, 0.25) is 0 Å². The molecule has 6 heteroatoms. The van der Waals surface area contributed by atoms with Gasteiger partial charge in [-0.1, -0.05) is 11.8 Å². The van der Waals surface area contributed by atoms with E-state index >= 15 is 0 Å². The van der Waals surface area contributed by atoms with Crippen molar-refractivity contribution in [1.82, 2.24) is 14.8 Å². The Morgan fingerprint density at radius 1 is 1.32 bits per heavy atom. The minimum Gasteiger partial charge on any atom is -0.497 e. The van der Waals surface area contributed by atoms with Gasteiger partial charge in [0, 0.05) is 12.1 Å². The molecule has 0 N–H and O–H groups in total. The lowest BCUT2D eigenvalue weighted by molar-refractivity contribution is 0.415. The van der Waals surface area contributed by atoms with Crippen LogP contribution in [-0.2, 0) is 6.54 Å². The first kappa shape index (κ1) is 13.4. The molecule has 0 aliphatic carbocycles. The van der Waals surface area contributed by atoms with Gasteiger partial charge < -0.3 is 9.30 Å². The normalized spacial score (nSPS) is 10.2. The number of aromatic nitrogens is 3. The number of rotatable bonds is 5. The maximum atomic E-state index is 8.63. The lowest BCUT2D eigenvalue weighted by atomic mass is 10.2. The number of methoxy groups -OCH3 is 1. The molecular formula is C13H14N4OS. The third-order valence-corrected chi connectivity index (χ3v) is 3.48. The summed E-state index contributed by atoms with van der Waals surface area (Å²) >= 11 is 1.40. The van der Waals surface area contributed by atoms with Crippen LogP contribution in [0.4, 0.5) is 0 Å². The Morgan fingerprint density at radius 3 is 2.63 bits per heavy atom. The maximum absolute atomic E-state index is 8.63. The van der Waals surface area contributed by atoms with Gasteiger partial charge in [0.05, 0.1) is 18.9 Å². The molecule has 0 bridgehead atoms. The van der Waals surface area contributed by atoms with E-state index in [1.807, 2.05) is 35.8 Å². The number of hydrogen-bond acceptors (Lipinski definition) is 5. The summed E-state index contributed by atoms with van der Waals surface area (Å²) in [6.07, 6.45) is 0. The van der Waals surface area contributed by atoms with Crippen molar-refractivity contribution < 1.29 is 4.74 Å². The average molecular weight is 274 g/mol. The minimum absolute atomic E-state index is 0.376. The number of benzene rings is 1. The molecule has 1 heterocycles. The molecule has 0 spiro atoms. The van der Waals surface area contributed by atoms with E-state index in [0.717, 1.165) is 28.8 Å². The number of hydrogen-bond donors (Lipinski definition) is 0. The van der Waals surface area contributed by atoms with Crippen molar-refractivity contribution in [3.05, 3.63) is 24.3 Å². The van der Waals surface area contributed by atoms with Crippen LogP contribution in [0.3, 0.4) is 0 Å². The fourth-order valence-corrected chi connectivity index (χ4v) is 2.39. The van der Waals surface area contributed by atoms with Gasteiger partial charge in [-0.2, -0.15) is 5.26 Å². The SMILES string of the molecule is CCn1c(SCC#N)nnc1-c1ccc(OC)cc1. The van der Waals surface area contributed by atoms with Gasteiger partial charge in [-0.05, 0) is 31.2 Å². The van der Waals surface area contributed by atoms with Crippen LogP contribution in [0.15, 0.2) is 29.4 Å². The first-order valence-electron chi connectivity index (χ1n) is 5.87. The van der Waals surface area contributed by atoms with Crippen molar-refractivity contribution in [2.75, 3.05) is 12.9 Å². The van der Waals surface area contributed by atoms with Gasteiger partial charge in [0.25, 0.3) is 0 Å². The van der Waals surface area contributed by atoms with E-state index in [-0.39, 0.29) is 0 Å². The molecule has 0 unspecified atom stereocenters.